The Balaban J connectivity index is 1.53. The molecule has 0 bridgehead atoms. The number of hydrogen-bond donors (Lipinski definition) is 1. The number of nitrogens with zero attached hydrogens (tertiary/aromatic N) is 7. The second-order valence-electron chi connectivity index (χ2n) is 10.3. The number of terminal acetylenes is 1. The van der Waals surface area contributed by atoms with E-state index in [1.807, 2.05) is 7.05 Å². The molecule has 6 rings (SSSR count). The zero-order chi connectivity index (χ0) is 27.1. The van der Waals surface area contributed by atoms with E-state index >= 15 is 4.39 Å². The van der Waals surface area contributed by atoms with Crippen molar-refractivity contribution in [3.63, 3.8) is 0 Å². The van der Waals surface area contributed by atoms with Crippen molar-refractivity contribution >= 4 is 33.4 Å². The van der Waals surface area contributed by atoms with Crippen LogP contribution in [0.1, 0.15) is 18.4 Å². The van der Waals surface area contributed by atoms with Gasteiger partial charge in [0.2, 0.25) is 5.95 Å². The molecule has 39 heavy (non-hydrogen) atoms. The third-order valence-electron chi connectivity index (χ3n) is 7.73. The van der Waals surface area contributed by atoms with Crippen LogP contribution in [0.5, 0.6) is 0 Å². The molecule has 1 atom stereocenters. The van der Waals surface area contributed by atoms with Crippen LogP contribution < -0.4 is 15.1 Å². The predicted molar refractivity (Wildman–Crippen MR) is 150 cm³/mol. The highest BCUT2D eigenvalue weighted by Crippen LogP contribution is 2.36. The number of anilines is 2. The number of hydrogen-bond acceptors (Lipinski definition) is 8. The Labute approximate surface area is 226 Å². The second kappa shape index (κ2) is 10.3. The Morgan fingerprint density at radius 1 is 1.13 bits per heavy atom. The smallest absolute Gasteiger partial charge is 0.228 e. The number of pyridine rings is 2. The maximum absolute atomic E-state index is 16.5. The third-order valence-corrected chi connectivity index (χ3v) is 7.73. The SMILES string of the molecule is C#Cc1c(F)ccc2cncc(-c3ncc4c(N(C)C[C@H]5CCCN5)nc(N5CCN(C)CC5)nc4c3F)c12. The fourth-order valence-electron chi connectivity index (χ4n) is 5.55. The van der Waals surface area contributed by atoms with E-state index < -0.39 is 11.6 Å². The molecule has 1 aromatic carbocycles. The molecule has 0 radical (unpaired) electrons. The molecule has 3 aromatic heterocycles. The summed E-state index contributed by atoms with van der Waals surface area (Å²) in [6.07, 6.45) is 12.5. The molecule has 0 saturated carbocycles. The van der Waals surface area contributed by atoms with E-state index in [1.165, 1.54) is 12.3 Å². The minimum atomic E-state index is -0.611. The summed E-state index contributed by atoms with van der Waals surface area (Å²) < 4.78 is 31.1. The number of likely N-dealkylation sites (N-methyl/N-ethyl adjacent to an activating group) is 2. The van der Waals surface area contributed by atoms with E-state index in [1.54, 1.807) is 18.5 Å². The molecule has 2 fully saturated rings. The minimum Gasteiger partial charge on any atom is -0.357 e. The Bertz CT molecular complexity index is 1590. The van der Waals surface area contributed by atoms with Crippen LogP contribution >= 0.6 is 0 Å². The molecule has 2 aliphatic heterocycles. The number of piperazine rings is 1. The zero-order valence-corrected chi connectivity index (χ0v) is 22.1. The lowest BCUT2D eigenvalue weighted by Gasteiger charge is -2.33. The van der Waals surface area contributed by atoms with Gasteiger partial charge in [-0.15, -0.1) is 6.42 Å². The molecule has 0 aliphatic carbocycles. The Hall–Kier alpha value is -3.94. The first kappa shape index (κ1) is 25.3. The first-order valence-corrected chi connectivity index (χ1v) is 13.2. The lowest BCUT2D eigenvalue weighted by atomic mass is 9.98. The maximum atomic E-state index is 16.5. The van der Waals surface area contributed by atoms with Crippen molar-refractivity contribution in [2.24, 2.45) is 0 Å². The van der Waals surface area contributed by atoms with Crippen LogP contribution in [0, 0.1) is 24.0 Å². The molecule has 200 valence electrons. The highest BCUT2D eigenvalue weighted by atomic mass is 19.1. The Morgan fingerprint density at radius 3 is 2.69 bits per heavy atom. The van der Waals surface area contributed by atoms with Gasteiger partial charge in [-0.1, -0.05) is 5.92 Å². The van der Waals surface area contributed by atoms with Crippen molar-refractivity contribution in [1.29, 1.82) is 0 Å². The monoisotopic (exact) mass is 528 g/mol. The van der Waals surface area contributed by atoms with Crippen LogP contribution in [-0.4, -0.2) is 84.2 Å². The summed E-state index contributed by atoms with van der Waals surface area (Å²) in [5, 5.41) is 5.04. The average molecular weight is 529 g/mol. The maximum Gasteiger partial charge on any atom is 0.228 e. The third kappa shape index (κ3) is 4.62. The lowest BCUT2D eigenvalue weighted by molar-refractivity contribution is 0.311. The van der Waals surface area contributed by atoms with Crippen molar-refractivity contribution < 1.29 is 8.78 Å². The lowest BCUT2D eigenvalue weighted by Crippen LogP contribution is -2.45. The van der Waals surface area contributed by atoms with Gasteiger partial charge in [0.1, 0.15) is 22.8 Å². The average Bonchev–Trinajstić information content (AvgIpc) is 3.46. The summed E-state index contributed by atoms with van der Waals surface area (Å²) in [5.74, 6) is 2.37. The number of nitrogens with one attached hydrogen (secondary N) is 1. The number of fused-ring (bicyclic) bond motifs is 2. The summed E-state index contributed by atoms with van der Waals surface area (Å²) in [7, 11) is 4.05. The van der Waals surface area contributed by atoms with Crippen molar-refractivity contribution in [2.75, 3.05) is 63.2 Å². The molecule has 0 spiro atoms. The van der Waals surface area contributed by atoms with Crippen LogP contribution in [0.2, 0.25) is 0 Å². The Kier molecular flexibility index (Phi) is 6.71. The largest absolute Gasteiger partial charge is 0.357 e. The van der Waals surface area contributed by atoms with Gasteiger partial charge in [0.25, 0.3) is 0 Å². The number of rotatable bonds is 5. The van der Waals surface area contributed by atoms with Gasteiger partial charge in [-0.2, -0.15) is 4.98 Å². The summed E-state index contributed by atoms with van der Waals surface area (Å²) in [5.41, 5.74) is 0.568. The molecule has 0 unspecified atom stereocenters. The van der Waals surface area contributed by atoms with E-state index in [-0.39, 0.29) is 16.8 Å². The van der Waals surface area contributed by atoms with E-state index in [4.69, 9.17) is 16.4 Å². The summed E-state index contributed by atoms with van der Waals surface area (Å²) in [6.45, 7) is 4.94. The standard InChI is InChI=1S/C29H30F2N8/c1-4-20-23(30)8-7-18-14-32-15-21(24(18)20)26-25(31)27-22(16-34-26)28(38(3)17-19-6-5-9-33-19)36-29(35-27)39-12-10-37(2)11-13-39/h1,7-8,14-16,19,33H,5-6,9-13,17H2,2-3H3/t19-/m1/s1. The van der Waals surface area contributed by atoms with Gasteiger partial charge in [0.05, 0.1) is 10.9 Å². The molecule has 5 heterocycles. The zero-order valence-electron chi connectivity index (χ0n) is 22.1. The molecule has 10 heteroatoms. The van der Waals surface area contributed by atoms with Crippen LogP contribution in [0.4, 0.5) is 20.5 Å². The normalized spacial score (nSPS) is 18.1. The van der Waals surface area contributed by atoms with E-state index in [0.717, 1.165) is 52.1 Å². The molecule has 8 nitrogen and oxygen atoms in total. The van der Waals surface area contributed by atoms with Crippen LogP contribution in [-0.2, 0) is 0 Å². The highest BCUT2D eigenvalue weighted by molar-refractivity contribution is 6.01. The van der Waals surface area contributed by atoms with E-state index in [0.29, 0.717) is 39.5 Å². The van der Waals surface area contributed by atoms with E-state index in [9.17, 15) is 4.39 Å². The molecule has 2 saturated heterocycles. The van der Waals surface area contributed by atoms with Crippen molar-refractivity contribution in [3.05, 3.63) is 47.9 Å². The fraction of sp³-hybridized carbons (Fsp3) is 0.379. The second-order valence-corrected chi connectivity index (χ2v) is 10.3. The molecule has 4 aromatic rings. The summed E-state index contributed by atoms with van der Waals surface area (Å²) in [6, 6.07) is 3.21. The number of benzene rings is 1. The van der Waals surface area contributed by atoms with Gasteiger partial charge in [-0.25, -0.2) is 13.8 Å². The molecule has 0 amide bonds. The predicted octanol–water partition coefficient (Wildman–Crippen LogP) is 3.44. The quantitative estimate of drug-likeness (QED) is 0.395. The molecule has 1 N–H and O–H groups in total. The van der Waals surface area contributed by atoms with Gasteiger partial charge in [-0.3, -0.25) is 9.97 Å². The topological polar surface area (TPSA) is 73.3 Å². The van der Waals surface area contributed by atoms with Crippen molar-refractivity contribution in [1.82, 2.24) is 30.2 Å². The first-order chi connectivity index (χ1) is 18.9. The first-order valence-electron chi connectivity index (χ1n) is 13.2. The van der Waals surface area contributed by atoms with E-state index in [2.05, 4.69) is 43.0 Å². The van der Waals surface area contributed by atoms with Gasteiger partial charge < -0.3 is 20.0 Å². The van der Waals surface area contributed by atoms with Crippen LogP contribution in [0.3, 0.4) is 0 Å². The van der Waals surface area contributed by atoms with Gasteiger partial charge in [0, 0.05) is 80.7 Å². The summed E-state index contributed by atoms with van der Waals surface area (Å²) >= 11 is 0. The molecular weight excluding hydrogens is 498 g/mol. The van der Waals surface area contributed by atoms with Gasteiger partial charge in [-0.05, 0) is 38.6 Å². The van der Waals surface area contributed by atoms with Gasteiger partial charge in [0.15, 0.2) is 5.82 Å². The molecular formula is C29H30F2N8. The number of aromatic nitrogens is 4. The fourth-order valence-corrected chi connectivity index (χ4v) is 5.55. The highest BCUT2D eigenvalue weighted by Gasteiger charge is 2.26. The van der Waals surface area contributed by atoms with Crippen molar-refractivity contribution in [3.8, 4) is 23.6 Å². The van der Waals surface area contributed by atoms with Crippen molar-refractivity contribution in [2.45, 2.75) is 18.9 Å². The van der Waals surface area contributed by atoms with Crippen LogP contribution in [0.15, 0.2) is 30.7 Å². The number of halogens is 2. The Morgan fingerprint density at radius 2 is 1.95 bits per heavy atom. The minimum absolute atomic E-state index is 0.0248. The summed E-state index contributed by atoms with van der Waals surface area (Å²) in [4.78, 5) is 24.8. The van der Waals surface area contributed by atoms with Crippen LogP contribution in [0.25, 0.3) is 32.9 Å². The molecule has 2 aliphatic rings. The van der Waals surface area contributed by atoms with Gasteiger partial charge >= 0.3 is 0 Å².